The molecule has 9 heavy (non-hydrogen) atoms. The molecule has 0 radical (unpaired) electrons. The van der Waals surface area contributed by atoms with Gasteiger partial charge in [-0.05, 0) is 6.92 Å². The van der Waals surface area contributed by atoms with E-state index in [0.29, 0.717) is 11.9 Å². The molecule has 0 unspecified atom stereocenters. The summed E-state index contributed by atoms with van der Waals surface area (Å²) in [7, 11) is 0. The predicted octanol–water partition coefficient (Wildman–Crippen LogP) is 0.00700. The predicted molar refractivity (Wildman–Crippen MR) is 33.6 cm³/mol. The molecule has 0 bridgehead atoms. The Hall–Kier alpha value is -1.12. The molecule has 0 rings (SSSR count). The number of nitrogens with two attached hydrogens (primary N) is 1. The standard InChI is InChI=1S/C6H9NO2/c1-2-5(3-4-8)6(7)9/h2,4H,3H2,1H3,(H2,7,9). The van der Waals surface area contributed by atoms with Crippen LogP contribution in [0.25, 0.3) is 0 Å². The third-order valence-electron chi connectivity index (χ3n) is 0.968. The van der Waals surface area contributed by atoms with Gasteiger partial charge < -0.3 is 10.5 Å². The van der Waals surface area contributed by atoms with E-state index in [1.807, 2.05) is 0 Å². The number of hydrogen-bond donors (Lipinski definition) is 1. The van der Waals surface area contributed by atoms with Crippen molar-refractivity contribution in [3.8, 4) is 0 Å². The first-order valence-electron chi connectivity index (χ1n) is 2.61. The van der Waals surface area contributed by atoms with Gasteiger partial charge in [0.25, 0.3) is 0 Å². The van der Waals surface area contributed by atoms with E-state index >= 15 is 0 Å². The summed E-state index contributed by atoms with van der Waals surface area (Å²) in [6.07, 6.45) is 2.31. The van der Waals surface area contributed by atoms with Gasteiger partial charge >= 0.3 is 0 Å². The third-order valence-corrected chi connectivity index (χ3v) is 0.968. The summed E-state index contributed by atoms with van der Waals surface area (Å²) in [5.41, 5.74) is 5.23. The maximum Gasteiger partial charge on any atom is 0.244 e. The summed E-state index contributed by atoms with van der Waals surface area (Å²) >= 11 is 0. The molecule has 0 spiro atoms. The summed E-state index contributed by atoms with van der Waals surface area (Å²) in [6, 6.07) is 0. The van der Waals surface area contributed by atoms with E-state index in [4.69, 9.17) is 5.73 Å². The van der Waals surface area contributed by atoms with Gasteiger partial charge in [0.15, 0.2) is 0 Å². The highest BCUT2D eigenvalue weighted by atomic mass is 16.1. The Morgan fingerprint density at radius 3 is 2.33 bits per heavy atom. The fourth-order valence-corrected chi connectivity index (χ4v) is 0.450. The van der Waals surface area contributed by atoms with Gasteiger partial charge in [-0.2, -0.15) is 0 Å². The second-order valence-electron chi connectivity index (χ2n) is 1.55. The molecular formula is C6H9NO2. The van der Waals surface area contributed by atoms with Crippen LogP contribution < -0.4 is 5.73 Å². The maximum atomic E-state index is 10.3. The van der Waals surface area contributed by atoms with Crippen molar-refractivity contribution < 1.29 is 9.59 Å². The number of hydrogen-bond acceptors (Lipinski definition) is 2. The van der Waals surface area contributed by atoms with E-state index in [-0.39, 0.29) is 6.42 Å². The molecule has 0 saturated carbocycles. The van der Waals surface area contributed by atoms with Crippen molar-refractivity contribution in [2.45, 2.75) is 13.3 Å². The quantitative estimate of drug-likeness (QED) is 0.428. The second kappa shape index (κ2) is 3.83. The fourth-order valence-electron chi connectivity index (χ4n) is 0.450. The summed E-state index contributed by atoms with van der Waals surface area (Å²) in [4.78, 5) is 20.1. The van der Waals surface area contributed by atoms with Crippen molar-refractivity contribution in [1.29, 1.82) is 0 Å². The van der Waals surface area contributed by atoms with E-state index in [9.17, 15) is 9.59 Å². The second-order valence-corrected chi connectivity index (χ2v) is 1.55. The van der Waals surface area contributed by atoms with Crippen LogP contribution >= 0.6 is 0 Å². The van der Waals surface area contributed by atoms with E-state index in [0.717, 1.165) is 0 Å². The molecule has 2 N–H and O–H groups in total. The minimum atomic E-state index is -0.524. The summed E-state index contributed by atoms with van der Waals surface area (Å²) in [5, 5.41) is 0. The molecule has 0 aromatic heterocycles. The SMILES string of the molecule is CC=C(CC=O)C(N)=O. The molecule has 0 atom stereocenters. The maximum absolute atomic E-state index is 10.3. The molecule has 0 saturated heterocycles. The molecule has 0 aromatic rings. The van der Waals surface area contributed by atoms with E-state index in [2.05, 4.69) is 0 Å². The van der Waals surface area contributed by atoms with Gasteiger partial charge in [0, 0.05) is 12.0 Å². The van der Waals surface area contributed by atoms with Gasteiger partial charge in [0.1, 0.15) is 6.29 Å². The number of carbonyl (C=O) groups is 2. The van der Waals surface area contributed by atoms with Crippen LogP contribution in [0.2, 0.25) is 0 Å². The van der Waals surface area contributed by atoms with E-state index in [1.165, 1.54) is 6.08 Å². The van der Waals surface area contributed by atoms with Crippen LogP contribution in [-0.4, -0.2) is 12.2 Å². The molecular weight excluding hydrogens is 118 g/mol. The zero-order chi connectivity index (χ0) is 7.28. The number of rotatable bonds is 3. The van der Waals surface area contributed by atoms with Gasteiger partial charge in [-0.3, -0.25) is 4.79 Å². The Kier molecular flexibility index (Phi) is 3.35. The lowest BCUT2D eigenvalue weighted by Crippen LogP contribution is -2.13. The lowest BCUT2D eigenvalue weighted by molar-refractivity contribution is -0.116. The van der Waals surface area contributed by atoms with Crippen LogP contribution in [0.15, 0.2) is 11.6 Å². The van der Waals surface area contributed by atoms with Crippen molar-refractivity contribution in [1.82, 2.24) is 0 Å². The molecule has 3 heteroatoms. The van der Waals surface area contributed by atoms with Crippen molar-refractivity contribution in [2.24, 2.45) is 5.73 Å². The smallest absolute Gasteiger partial charge is 0.244 e. The van der Waals surface area contributed by atoms with Crippen LogP contribution in [0, 0.1) is 0 Å². The van der Waals surface area contributed by atoms with Crippen LogP contribution in [0.1, 0.15) is 13.3 Å². The molecule has 0 aliphatic heterocycles. The minimum absolute atomic E-state index is 0.117. The number of carbonyl (C=O) groups excluding carboxylic acids is 2. The Morgan fingerprint density at radius 2 is 2.22 bits per heavy atom. The average molecular weight is 127 g/mol. The average Bonchev–Trinajstić information content (AvgIpc) is 1.82. The monoisotopic (exact) mass is 127 g/mol. The van der Waals surface area contributed by atoms with E-state index in [1.54, 1.807) is 6.92 Å². The lowest BCUT2D eigenvalue weighted by Gasteiger charge is -1.92. The lowest BCUT2D eigenvalue weighted by atomic mass is 10.2. The molecule has 0 fully saturated rings. The largest absolute Gasteiger partial charge is 0.366 e. The molecule has 3 nitrogen and oxygen atoms in total. The van der Waals surface area contributed by atoms with Crippen LogP contribution in [-0.2, 0) is 9.59 Å². The molecule has 0 aromatic carbocycles. The summed E-state index contributed by atoms with van der Waals surface area (Å²) < 4.78 is 0. The highest BCUT2D eigenvalue weighted by molar-refractivity contribution is 5.94. The highest BCUT2D eigenvalue weighted by Crippen LogP contribution is 1.95. The summed E-state index contributed by atoms with van der Waals surface area (Å²) in [6.45, 7) is 1.67. The van der Waals surface area contributed by atoms with Crippen molar-refractivity contribution in [3.63, 3.8) is 0 Å². The van der Waals surface area contributed by atoms with Gasteiger partial charge in [-0.1, -0.05) is 6.08 Å². The molecule has 0 aliphatic carbocycles. The highest BCUT2D eigenvalue weighted by Gasteiger charge is 1.99. The van der Waals surface area contributed by atoms with Crippen LogP contribution in [0.4, 0.5) is 0 Å². The van der Waals surface area contributed by atoms with Gasteiger partial charge in [0.05, 0.1) is 0 Å². The zero-order valence-electron chi connectivity index (χ0n) is 5.26. The first-order valence-corrected chi connectivity index (χ1v) is 2.61. The zero-order valence-corrected chi connectivity index (χ0v) is 5.26. The number of amides is 1. The third kappa shape index (κ3) is 2.64. The number of primary amides is 1. The fraction of sp³-hybridized carbons (Fsp3) is 0.333. The Labute approximate surface area is 53.5 Å². The number of allylic oxidation sites excluding steroid dienone is 1. The number of aldehydes is 1. The van der Waals surface area contributed by atoms with Crippen LogP contribution in [0.3, 0.4) is 0 Å². The molecule has 50 valence electrons. The first kappa shape index (κ1) is 7.88. The van der Waals surface area contributed by atoms with Gasteiger partial charge in [-0.15, -0.1) is 0 Å². The first-order chi connectivity index (χ1) is 4.22. The molecule has 0 heterocycles. The van der Waals surface area contributed by atoms with Crippen LogP contribution in [0.5, 0.6) is 0 Å². The van der Waals surface area contributed by atoms with Crippen molar-refractivity contribution >= 4 is 12.2 Å². The summed E-state index contributed by atoms with van der Waals surface area (Å²) in [5.74, 6) is -0.524. The normalized spacial score (nSPS) is 11.0. The minimum Gasteiger partial charge on any atom is -0.366 e. The Bertz CT molecular complexity index is 149. The molecule has 0 aliphatic rings. The Morgan fingerprint density at radius 1 is 1.67 bits per heavy atom. The van der Waals surface area contributed by atoms with E-state index < -0.39 is 5.91 Å². The topological polar surface area (TPSA) is 60.2 Å². The Balaban J connectivity index is 4.00. The van der Waals surface area contributed by atoms with Gasteiger partial charge in [-0.25, -0.2) is 0 Å². The van der Waals surface area contributed by atoms with Crippen molar-refractivity contribution in [2.75, 3.05) is 0 Å². The van der Waals surface area contributed by atoms with Crippen molar-refractivity contribution in [3.05, 3.63) is 11.6 Å². The molecule has 1 amide bonds. The van der Waals surface area contributed by atoms with Gasteiger partial charge in [0.2, 0.25) is 5.91 Å².